The van der Waals surface area contributed by atoms with Crippen molar-refractivity contribution in [3.63, 3.8) is 0 Å². The Bertz CT molecular complexity index is 760. The first-order valence-electron chi connectivity index (χ1n) is 9.60. The predicted molar refractivity (Wildman–Crippen MR) is 106 cm³/mol. The summed E-state index contributed by atoms with van der Waals surface area (Å²) in [6.07, 6.45) is 3.70. The van der Waals surface area contributed by atoms with Crippen LogP contribution in [0.15, 0.2) is 24.3 Å². The number of benzene rings is 1. The van der Waals surface area contributed by atoms with Crippen LogP contribution in [0.4, 0.5) is 4.79 Å². The minimum Gasteiger partial charge on any atom is -0.335 e. The monoisotopic (exact) mass is 394 g/mol. The van der Waals surface area contributed by atoms with Crippen LogP contribution in [0.1, 0.15) is 30.4 Å². The van der Waals surface area contributed by atoms with Crippen molar-refractivity contribution in [3.05, 3.63) is 35.4 Å². The van der Waals surface area contributed by atoms with E-state index in [0.717, 1.165) is 38.7 Å². The van der Waals surface area contributed by atoms with Gasteiger partial charge in [0, 0.05) is 44.8 Å². The van der Waals surface area contributed by atoms with Crippen molar-refractivity contribution in [2.24, 2.45) is 0 Å². The van der Waals surface area contributed by atoms with Gasteiger partial charge in [-0.25, -0.2) is 17.9 Å². The summed E-state index contributed by atoms with van der Waals surface area (Å²) in [6, 6.07) is 8.40. The Balaban J connectivity index is 1.41. The quantitative estimate of drug-likeness (QED) is 0.789. The van der Waals surface area contributed by atoms with E-state index in [0.29, 0.717) is 19.5 Å². The number of nitrogens with one attached hydrogen (secondary N) is 2. The third-order valence-corrected chi connectivity index (χ3v) is 6.19. The number of carbonyl (C=O) groups excluding carboxylic acids is 1. The topological polar surface area (TPSA) is 81.8 Å². The highest BCUT2D eigenvalue weighted by atomic mass is 32.2. The summed E-state index contributed by atoms with van der Waals surface area (Å²) >= 11 is 0. The summed E-state index contributed by atoms with van der Waals surface area (Å²) in [7, 11) is -3.23. The second kappa shape index (κ2) is 8.58. The fourth-order valence-electron chi connectivity index (χ4n) is 3.87. The zero-order chi connectivity index (χ0) is 19.4. The Morgan fingerprint density at radius 1 is 1.11 bits per heavy atom. The fourth-order valence-corrected chi connectivity index (χ4v) is 4.67. The van der Waals surface area contributed by atoms with E-state index >= 15 is 0 Å². The lowest BCUT2D eigenvalue weighted by atomic mass is 10.0. The lowest BCUT2D eigenvalue weighted by Gasteiger charge is -2.33. The highest BCUT2D eigenvalue weighted by Crippen LogP contribution is 2.17. The average molecular weight is 395 g/mol. The van der Waals surface area contributed by atoms with E-state index in [1.165, 1.54) is 11.1 Å². The number of carbonyl (C=O) groups is 1. The van der Waals surface area contributed by atoms with Gasteiger partial charge in [0.05, 0.1) is 6.26 Å². The first kappa shape index (κ1) is 20.1. The van der Waals surface area contributed by atoms with Crippen molar-refractivity contribution < 1.29 is 13.2 Å². The molecule has 27 heavy (non-hydrogen) atoms. The Kier molecular flexibility index (Phi) is 6.39. The number of amides is 2. The van der Waals surface area contributed by atoms with E-state index < -0.39 is 10.0 Å². The predicted octanol–water partition coefficient (Wildman–Crippen LogP) is 1.29. The summed E-state index contributed by atoms with van der Waals surface area (Å²) in [4.78, 5) is 16.6. The minimum atomic E-state index is -3.23. The summed E-state index contributed by atoms with van der Waals surface area (Å²) < 4.78 is 25.2. The van der Waals surface area contributed by atoms with Crippen molar-refractivity contribution in [3.8, 4) is 0 Å². The molecule has 8 heteroatoms. The van der Waals surface area contributed by atoms with Gasteiger partial charge in [0.2, 0.25) is 10.0 Å². The van der Waals surface area contributed by atoms with E-state index in [1.807, 2.05) is 0 Å². The molecule has 0 bridgehead atoms. The molecular formula is C19H30N4O3S. The van der Waals surface area contributed by atoms with Gasteiger partial charge >= 0.3 is 6.03 Å². The molecule has 0 aromatic heterocycles. The van der Waals surface area contributed by atoms with Gasteiger partial charge < -0.3 is 10.2 Å². The zero-order valence-electron chi connectivity index (χ0n) is 16.1. The van der Waals surface area contributed by atoms with Crippen LogP contribution < -0.4 is 10.0 Å². The average Bonchev–Trinajstić information content (AvgIpc) is 3.05. The van der Waals surface area contributed by atoms with Gasteiger partial charge in [-0.15, -0.1) is 0 Å². The van der Waals surface area contributed by atoms with Crippen LogP contribution >= 0.6 is 0 Å². The first-order valence-corrected chi connectivity index (χ1v) is 11.5. The highest BCUT2D eigenvalue weighted by molar-refractivity contribution is 7.88. The summed E-state index contributed by atoms with van der Waals surface area (Å²) in [5.41, 5.74) is 2.68. The summed E-state index contributed by atoms with van der Waals surface area (Å²) in [5, 5.41) is 3.12. The molecule has 150 valence electrons. The SMILES string of the molecule is Cc1ccccc1CN1CCC(NC(=O)N2CCC(NS(C)(=O)=O)C2)CC1. The molecule has 0 radical (unpaired) electrons. The molecule has 7 nitrogen and oxygen atoms in total. The van der Waals surface area contributed by atoms with Crippen LogP contribution in [0.2, 0.25) is 0 Å². The molecule has 2 fully saturated rings. The minimum absolute atomic E-state index is 0.0786. The Hall–Kier alpha value is -1.64. The van der Waals surface area contributed by atoms with Gasteiger partial charge in [0.25, 0.3) is 0 Å². The number of rotatable bonds is 5. The van der Waals surface area contributed by atoms with Gasteiger partial charge in [-0.2, -0.15) is 0 Å². The van der Waals surface area contributed by atoms with Gasteiger partial charge in [-0.3, -0.25) is 4.90 Å². The van der Waals surface area contributed by atoms with Crippen molar-refractivity contribution >= 4 is 16.1 Å². The first-order chi connectivity index (χ1) is 12.8. The smallest absolute Gasteiger partial charge is 0.317 e. The molecule has 3 rings (SSSR count). The Morgan fingerprint density at radius 2 is 1.78 bits per heavy atom. The van der Waals surface area contributed by atoms with Crippen molar-refractivity contribution in [2.45, 2.75) is 44.8 Å². The molecule has 2 heterocycles. The normalized spacial score (nSPS) is 22.1. The number of likely N-dealkylation sites (tertiary alicyclic amines) is 2. The van der Waals surface area contributed by atoms with E-state index in [-0.39, 0.29) is 18.1 Å². The number of piperidine rings is 1. The molecule has 2 amide bonds. The summed E-state index contributed by atoms with van der Waals surface area (Å²) in [6.45, 7) is 6.06. The molecule has 2 aliphatic heterocycles. The molecule has 1 atom stereocenters. The molecule has 1 aromatic carbocycles. The van der Waals surface area contributed by atoms with Crippen molar-refractivity contribution in [2.75, 3.05) is 32.4 Å². The number of sulfonamides is 1. The third-order valence-electron chi connectivity index (χ3n) is 5.43. The van der Waals surface area contributed by atoms with E-state index in [9.17, 15) is 13.2 Å². The highest BCUT2D eigenvalue weighted by Gasteiger charge is 2.30. The van der Waals surface area contributed by atoms with Gasteiger partial charge in [-0.1, -0.05) is 24.3 Å². The van der Waals surface area contributed by atoms with Gasteiger partial charge in [-0.05, 0) is 37.3 Å². The third kappa shape index (κ3) is 5.92. The van der Waals surface area contributed by atoms with Crippen LogP contribution in [0, 0.1) is 6.92 Å². The molecule has 1 aromatic rings. The maximum Gasteiger partial charge on any atom is 0.317 e. The van der Waals surface area contributed by atoms with Gasteiger partial charge in [0.1, 0.15) is 0 Å². The number of urea groups is 1. The van der Waals surface area contributed by atoms with Gasteiger partial charge in [0.15, 0.2) is 0 Å². The summed E-state index contributed by atoms with van der Waals surface area (Å²) in [5.74, 6) is 0. The van der Waals surface area contributed by atoms with Crippen LogP contribution in [0.25, 0.3) is 0 Å². The molecule has 2 N–H and O–H groups in total. The Morgan fingerprint density at radius 3 is 2.44 bits per heavy atom. The number of nitrogens with zero attached hydrogens (tertiary/aromatic N) is 2. The molecule has 0 saturated carbocycles. The van der Waals surface area contributed by atoms with E-state index in [4.69, 9.17) is 0 Å². The largest absolute Gasteiger partial charge is 0.335 e. The maximum atomic E-state index is 12.5. The lowest BCUT2D eigenvalue weighted by Crippen LogP contribution is -2.49. The van der Waals surface area contributed by atoms with Crippen molar-refractivity contribution in [1.29, 1.82) is 0 Å². The second-order valence-corrected chi connectivity index (χ2v) is 9.53. The molecule has 0 spiro atoms. The van der Waals surface area contributed by atoms with Crippen LogP contribution in [0.3, 0.4) is 0 Å². The Labute approximate surface area is 162 Å². The lowest BCUT2D eigenvalue weighted by molar-refractivity contribution is 0.173. The standard InChI is InChI=1S/C19H30N4O3S/c1-15-5-3-4-6-16(15)13-22-10-7-17(8-11-22)20-19(24)23-12-9-18(14-23)21-27(2,25)26/h3-6,17-18,21H,7-14H2,1-2H3,(H,20,24). The van der Waals surface area contributed by atoms with E-state index in [1.54, 1.807) is 4.90 Å². The molecular weight excluding hydrogens is 364 g/mol. The number of hydrogen-bond acceptors (Lipinski definition) is 4. The zero-order valence-corrected chi connectivity index (χ0v) is 17.0. The molecule has 2 aliphatic rings. The fraction of sp³-hybridized carbons (Fsp3) is 0.632. The van der Waals surface area contributed by atoms with E-state index in [2.05, 4.69) is 46.1 Å². The van der Waals surface area contributed by atoms with Crippen molar-refractivity contribution in [1.82, 2.24) is 19.8 Å². The number of hydrogen-bond donors (Lipinski definition) is 2. The molecule has 0 aliphatic carbocycles. The molecule has 2 saturated heterocycles. The van der Waals surface area contributed by atoms with Crippen LogP contribution in [-0.4, -0.2) is 68.8 Å². The molecule has 1 unspecified atom stereocenters. The second-order valence-electron chi connectivity index (χ2n) is 7.75. The number of aryl methyl sites for hydroxylation is 1. The van der Waals surface area contributed by atoms with Crippen LogP contribution in [-0.2, 0) is 16.6 Å². The van der Waals surface area contributed by atoms with Crippen LogP contribution in [0.5, 0.6) is 0 Å². The maximum absolute atomic E-state index is 12.5.